The number of hydrogen-bond acceptors (Lipinski definition) is 6. The molecule has 1 atom stereocenters. The number of thiophene rings is 1. The van der Waals surface area contributed by atoms with Crippen molar-refractivity contribution >= 4 is 27.1 Å². The van der Waals surface area contributed by atoms with Gasteiger partial charge in [-0.15, -0.1) is 11.3 Å². The van der Waals surface area contributed by atoms with Crippen molar-refractivity contribution in [3.05, 3.63) is 63.7 Å². The topological polar surface area (TPSA) is 80.5 Å². The number of rotatable bonds is 5. The van der Waals surface area contributed by atoms with Crippen molar-refractivity contribution in [1.29, 1.82) is 0 Å². The van der Waals surface area contributed by atoms with Crippen LogP contribution in [0.2, 0.25) is 0 Å². The monoisotopic (exact) mass is 434 g/mol. The largest absolute Gasteiger partial charge is 0.355 e. The Hall–Kier alpha value is -2.52. The van der Waals surface area contributed by atoms with E-state index in [9.17, 15) is 17.6 Å². The Morgan fingerprint density at radius 1 is 1.34 bits per heavy atom. The number of sulfone groups is 1. The van der Waals surface area contributed by atoms with E-state index in [-0.39, 0.29) is 28.8 Å². The highest BCUT2D eigenvalue weighted by molar-refractivity contribution is 7.91. The average Bonchev–Trinajstić information content (AvgIpc) is 3.42. The Balaban J connectivity index is 1.62. The summed E-state index contributed by atoms with van der Waals surface area (Å²) in [5, 5.41) is 5.77. The summed E-state index contributed by atoms with van der Waals surface area (Å²) in [6.07, 6.45) is 0.396. The van der Waals surface area contributed by atoms with Crippen LogP contribution in [-0.4, -0.2) is 41.9 Å². The van der Waals surface area contributed by atoms with Crippen LogP contribution in [0.4, 0.5) is 4.39 Å². The molecule has 1 aliphatic heterocycles. The number of halogens is 1. The lowest BCUT2D eigenvalue weighted by Gasteiger charge is -2.26. The van der Waals surface area contributed by atoms with Crippen LogP contribution in [-0.2, 0) is 16.4 Å². The molecule has 1 saturated heterocycles. The summed E-state index contributed by atoms with van der Waals surface area (Å²) in [5.41, 5.74) is 1.06. The molecular weight excluding hydrogens is 415 g/mol. The zero-order valence-corrected chi connectivity index (χ0v) is 17.3. The van der Waals surface area contributed by atoms with Crippen molar-refractivity contribution in [2.45, 2.75) is 25.9 Å². The minimum atomic E-state index is -3.16. The van der Waals surface area contributed by atoms with Crippen LogP contribution < -0.4 is 0 Å². The Morgan fingerprint density at radius 3 is 2.83 bits per heavy atom. The molecule has 1 aliphatic rings. The van der Waals surface area contributed by atoms with Crippen molar-refractivity contribution in [2.75, 3.05) is 11.5 Å². The second-order valence-corrected chi connectivity index (χ2v) is 10.4. The summed E-state index contributed by atoms with van der Waals surface area (Å²) >= 11 is 1.50. The molecule has 0 unspecified atom stereocenters. The molecule has 1 amide bonds. The molecule has 3 heterocycles. The van der Waals surface area contributed by atoms with Gasteiger partial charge in [0.1, 0.15) is 5.82 Å². The third-order valence-corrected chi connectivity index (χ3v) is 7.61. The van der Waals surface area contributed by atoms with Gasteiger partial charge in [-0.25, -0.2) is 12.8 Å². The van der Waals surface area contributed by atoms with E-state index in [1.54, 1.807) is 24.0 Å². The highest BCUT2D eigenvalue weighted by Gasteiger charge is 2.36. The first-order valence-electron chi connectivity index (χ1n) is 9.09. The maximum atomic E-state index is 13.9. The molecular formula is C20H19FN2O4S2. The maximum Gasteiger partial charge on any atom is 0.276 e. The van der Waals surface area contributed by atoms with Gasteiger partial charge < -0.3 is 9.42 Å². The van der Waals surface area contributed by atoms with Gasteiger partial charge in [0.15, 0.2) is 21.3 Å². The molecule has 0 radical (unpaired) electrons. The number of aromatic nitrogens is 1. The Bertz CT molecular complexity index is 1140. The summed E-state index contributed by atoms with van der Waals surface area (Å²) in [7, 11) is -3.16. The lowest BCUT2D eigenvalue weighted by atomic mass is 10.1. The van der Waals surface area contributed by atoms with Crippen LogP contribution in [0.15, 0.2) is 46.3 Å². The van der Waals surface area contributed by atoms with Gasteiger partial charge in [0, 0.05) is 22.5 Å². The molecule has 0 aliphatic carbocycles. The van der Waals surface area contributed by atoms with Gasteiger partial charge in [-0.2, -0.15) is 0 Å². The zero-order valence-electron chi connectivity index (χ0n) is 15.7. The van der Waals surface area contributed by atoms with Gasteiger partial charge in [0.2, 0.25) is 0 Å². The van der Waals surface area contributed by atoms with E-state index in [4.69, 9.17) is 4.52 Å². The fourth-order valence-corrected chi connectivity index (χ4v) is 5.80. The average molecular weight is 435 g/mol. The number of aryl methyl sites for hydroxylation is 1. The standard InChI is InChI=1S/C20H19FN2O4S2/c1-13-4-5-14(9-17(13)21)19-10-18(22-27-19)20(24)23(11-16-3-2-7-28-16)15-6-8-29(25,26)12-15/h2-5,7,9-10,15H,6,8,11-12H2,1H3/t15-/m1/s1. The number of benzene rings is 1. The summed E-state index contributed by atoms with van der Waals surface area (Å²) in [5.74, 6) is -0.482. The molecule has 1 aromatic carbocycles. The molecule has 2 aromatic heterocycles. The van der Waals surface area contributed by atoms with Gasteiger partial charge in [-0.05, 0) is 36.4 Å². The third kappa shape index (κ3) is 4.25. The van der Waals surface area contributed by atoms with E-state index in [2.05, 4.69) is 5.16 Å². The number of nitrogens with zero attached hydrogens (tertiary/aromatic N) is 2. The van der Waals surface area contributed by atoms with E-state index in [1.165, 1.54) is 23.5 Å². The normalized spacial score (nSPS) is 18.1. The van der Waals surface area contributed by atoms with Crippen LogP contribution in [0.25, 0.3) is 11.3 Å². The van der Waals surface area contributed by atoms with Gasteiger partial charge in [0.25, 0.3) is 5.91 Å². The summed E-state index contributed by atoms with van der Waals surface area (Å²) in [6.45, 7) is 1.96. The first kappa shape index (κ1) is 19.8. The minimum Gasteiger partial charge on any atom is -0.355 e. The van der Waals surface area contributed by atoms with Crippen molar-refractivity contribution in [3.8, 4) is 11.3 Å². The van der Waals surface area contributed by atoms with Crippen molar-refractivity contribution < 1.29 is 22.1 Å². The zero-order chi connectivity index (χ0) is 20.6. The van der Waals surface area contributed by atoms with Crippen molar-refractivity contribution in [2.24, 2.45) is 0 Å². The number of amides is 1. The molecule has 4 rings (SSSR count). The molecule has 3 aromatic rings. The fraction of sp³-hybridized carbons (Fsp3) is 0.300. The molecule has 29 heavy (non-hydrogen) atoms. The molecule has 0 saturated carbocycles. The van der Waals surface area contributed by atoms with E-state index >= 15 is 0 Å². The molecule has 1 fully saturated rings. The quantitative estimate of drug-likeness (QED) is 0.612. The smallest absolute Gasteiger partial charge is 0.276 e. The van der Waals surface area contributed by atoms with Crippen LogP contribution in [0, 0.1) is 12.7 Å². The van der Waals surface area contributed by atoms with Crippen LogP contribution in [0.1, 0.15) is 27.3 Å². The van der Waals surface area contributed by atoms with Gasteiger partial charge in [-0.1, -0.05) is 23.4 Å². The summed E-state index contributed by atoms with van der Waals surface area (Å²) in [4.78, 5) is 15.7. The highest BCUT2D eigenvalue weighted by atomic mass is 32.2. The molecule has 0 N–H and O–H groups in total. The van der Waals surface area contributed by atoms with Gasteiger partial charge in [-0.3, -0.25) is 4.79 Å². The first-order chi connectivity index (χ1) is 13.8. The molecule has 152 valence electrons. The molecule has 0 spiro atoms. The molecule has 6 nitrogen and oxygen atoms in total. The minimum absolute atomic E-state index is 0.0575. The fourth-order valence-electron chi connectivity index (χ4n) is 3.36. The lowest BCUT2D eigenvalue weighted by molar-refractivity contribution is 0.0672. The highest BCUT2D eigenvalue weighted by Crippen LogP contribution is 2.26. The SMILES string of the molecule is Cc1ccc(-c2cc(C(=O)N(Cc3cccs3)[C@@H]3CCS(=O)(=O)C3)no2)cc1F. The predicted octanol–water partition coefficient (Wildman–Crippen LogP) is 3.68. The van der Waals surface area contributed by atoms with Crippen LogP contribution in [0.3, 0.4) is 0 Å². The van der Waals surface area contributed by atoms with Gasteiger partial charge >= 0.3 is 0 Å². The van der Waals surface area contributed by atoms with Crippen molar-refractivity contribution in [1.82, 2.24) is 10.1 Å². The second kappa shape index (κ2) is 7.72. The number of carbonyl (C=O) groups excluding carboxylic acids is 1. The van der Waals surface area contributed by atoms with Crippen LogP contribution in [0.5, 0.6) is 0 Å². The first-order valence-corrected chi connectivity index (χ1v) is 11.8. The number of hydrogen-bond donors (Lipinski definition) is 0. The Kier molecular flexibility index (Phi) is 5.26. The summed E-state index contributed by atoms with van der Waals surface area (Å²) in [6, 6.07) is 9.49. The maximum absolute atomic E-state index is 13.9. The van der Waals surface area contributed by atoms with E-state index in [0.29, 0.717) is 24.1 Å². The summed E-state index contributed by atoms with van der Waals surface area (Å²) < 4.78 is 43.0. The Labute approximate surface area is 171 Å². The Morgan fingerprint density at radius 2 is 2.17 bits per heavy atom. The van der Waals surface area contributed by atoms with E-state index in [1.807, 2.05) is 17.5 Å². The second-order valence-electron chi connectivity index (χ2n) is 7.11. The van der Waals surface area contributed by atoms with E-state index in [0.717, 1.165) is 4.88 Å². The molecule has 9 heteroatoms. The predicted molar refractivity (Wildman–Crippen MR) is 108 cm³/mol. The van der Waals surface area contributed by atoms with Crippen molar-refractivity contribution in [3.63, 3.8) is 0 Å². The van der Waals surface area contributed by atoms with Gasteiger partial charge in [0.05, 0.1) is 18.1 Å². The number of carbonyl (C=O) groups is 1. The molecule has 0 bridgehead atoms. The van der Waals surface area contributed by atoms with E-state index < -0.39 is 21.8 Å². The third-order valence-electron chi connectivity index (χ3n) is 5.00. The van der Waals surface area contributed by atoms with Crippen LogP contribution >= 0.6 is 11.3 Å². The lowest BCUT2D eigenvalue weighted by Crippen LogP contribution is -2.40.